The van der Waals surface area contributed by atoms with Crippen molar-refractivity contribution in [3.8, 4) is 5.75 Å². The Hall–Kier alpha value is -1.83. The number of para-hydroxylation sites is 1. The molecular weight excluding hydrogens is 384 g/mol. The van der Waals surface area contributed by atoms with Gasteiger partial charge in [-0.15, -0.1) is 0 Å². The molecule has 0 unspecified atom stereocenters. The van der Waals surface area contributed by atoms with Crippen molar-refractivity contribution >= 4 is 39.6 Å². The molecule has 108 valence electrons. The number of imidazole rings is 1. The average Bonchev–Trinajstić information content (AvgIpc) is 2.76. The summed E-state index contributed by atoms with van der Waals surface area (Å²) in [6, 6.07) is 10.8. The number of ether oxygens (including phenoxy) is 1. The third-order valence-electron chi connectivity index (χ3n) is 3.34. The molecule has 0 bridgehead atoms. The van der Waals surface area contributed by atoms with Crippen molar-refractivity contribution in [3.63, 3.8) is 0 Å². The number of hydrogen-bond acceptors (Lipinski definition) is 3. The van der Waals surface area contributed by atoms with Gasteiger partial charge in [0.15, 0.2) is 0 Å². The van der Waals surface area contributed by atoms with Crippen LogP contribution in [-0.4, -0.2) is 16.7 Å². The molecule has 0 spiro atoms. The van der Waals surface area contributed by atoms with E-state index in [0.29, 0.717) is 27.1 Å². The molecule has 4 nitrogen and oxygen atoms in total. The predicted octanol–water partition coefficient (Wildman–Crippen LogP) is 3.42. The Morgan fingerprint density at radius 1 is 1.33 bits per heavy atom. The highest BCUT2D eigenvalue weighted by atomic mass is 127. The van der Waals surface area contributed by atoms with E-state index < -0.39 is 0 Å². The number of nitrogens with zero attached hydrogens (tertiary/aromatic N) is 2. The Balaban J connectivity index is 2.12. The zero-order chi connectivity index (χ0) is 15.0. The summed E-state index contributed by atoms with van der Waals surface area (Å²) in [6.45, 7) is 0.479. The minimum Gasteiger partial charge on any atom is -0.496 e. The van der Waals surface area contributed by atoms with Crippen LogP contribution in [0.15, 0.2) is 36.4 Å². The summed E-state index contributed by atoms with van der Waals surface area (Å²) < 4.78 is 21.5. The van der Waals surface area contributed by atoms with Crippen molar-refractivity contribution in [3.05, 3.63) is 51.3 Å². The molecule has 0 aliphatic carbocycles. The number of methoxy groups -OCH3 is 1. The number of benzene rings is 2. The van der Waals surface area contributed by atoms with E-state index in [1.165, 1.54) is 6.07 Å². The summed E-state index contributed by atoms with van der Waals surface area (Å²) in [5.74, 6) is 0.853. The first-order valence-corrected chi connectivity index (χ1v) is 7.40. The number of nitrogen functional groups attached to an aromatic ring is 1. The Labute approximate surface area is 134 Å². The molecule has 0 aliphatic rings. The minimum absolute atomic E-state index is 0.274. The molecule has 0 fully saturated rings. The SMILES string of the molecule is COc1ccccc1Cn1c(N)nc2cc(I)c(F)cc21. The van der Waals surface area contributed by atoms with Gasteiger partial charge < -0.3 is 15.0 Å². The zero-order valence-corrected chi connectivity index (χ0v) is 13.5. The summed E-state index contributed by atoms with van der Waals surface area (Å²) >= 11 is 1.94. The highest BCUT2D eigenvalue weighted by Gasteiger charge is 2.13. The predicted molar refractivity (Wildman–Crippen MR) is 88.9 cm³/mol. The van der Waals surface area contributed by atoms with E-state index in [9.17, 15) is 4.39 Å². The van der Waals surface area contributed by atoms with Crippen molar-refractivity contribution in [1.82, 2.24) is 9.55 Å². The average molecular weight is 397 g/mol. The molecule has 2 aromatic carbocycles. The van der Waals surface area contributed by atoms with Gasteiger partial charge in [-0.05, 0) is 34.7 Å². The standard InChI is InChI=1S/C15H13FIN3O/c1-21-14-5-3-2-4-9(14)8-20-13-6-10(16)11(17)7-12(13)19-15(20)18/h2-7H,8H2,1H3,(H2,18,19). The van der Waals surface area contributed by atoms with Crippen LogP contribution in [0.1, 0.15) is 5.56 Å². The van der Waals surface area contributed by atoms with Crippen LogP contribution < -0.4 is 10.5 Å². The molecule has 1 heterocycles. The molecule has 0 saturated carbocycles. The van der Waals surface area contributed by atoms with Gasteiger partial charge >= 0.3 is 0 Å². The number of halogens is 2. The van der Waals surface area contributed by atoms with Gasteiger partial charge in [0.25, 0.3) is 0 Å². The lowest BCUT2D eigenvalue weighted by Crippen LogP contribution is -2.06. The van der Waals surface area contributed by atoms with Crippen LogP contribution in [0, 0.1) is 9.39 Å². The monoisotopic (exact) mass is 397 g/mol. The summed E-state index contributed by atoms with van der Waals surface area (Å²) in [6.07, 6.45) is 0. The van der Waals surface area contributed by atoms with Crippen LogP contribution in [0.2, 0.25) is 0 Å². The van der Waals surface area contributed by atoms with Gasteiger partial charge in [-0.1, -0.05) is 18.2 Å². The first kappa shape index (κ1) is 14.1. The summed E-state index contributed by atoms with van der Waals surface area (Å²) in [7, 11) is 1.62. The third kappa shape index (κ3) is 2.55. The van der Waals surface area contributed by atoms with Gasteiger partial charge in [0.2, 0.25) is 5.95 Å². The van der Waals surface area contributed by atoms with Crippen LogP contribution in [0.3, 0.4) is 0 Å². The van der Waals surface area contributed by atoms with E-state index in [-0.39, 0.29) is 5.82 Å². The van der Waals surface area contributed by atoms with Crippen LogP contribution >= 0.6 is 22.6 Å². The lowest BCUT2D eigenvalue weighted by molar-refractivity contribution is 0.408. The Morgan fingerprint density at radius 3 is 2.86 bits per heavy atom. The smallest absolute Gasteiger partial charge is 0.201 e. The van der Waals surface area contributed by atoms with E-state index in [2.05, 4.69) is 4.98 Å². The molecule has 6 heteroatoms. The van der Waals surface area contributed by atoms with Gasteiger partial charge in [-0.2, -0.15) is 0 Å². The normalized spacial score (nSPS) is 11.0. The number of nitrogens with two attached hydrogens (primary N) is 1. The minimum atomic E-state index is -0.274. The molecule has 0 aliphatic heterocycles. The highest BCUT2D eigenvalue weighted by molar-refractivity contribution is 14.1. The van der Waals surface area contributed by atoms with E-state index in [1.807, 2.05) is 46.9 Å². The van der Waals surface area contributed by atoms with Crippen LogP contribution in [0.5, 0.6) is 5.75 Å². The van der Waals surface area contributed by atoms with Crippen LogP contribution in [-0.2, 0) is 6.54 Å². The second-order valence-corrected chi connectivity index (χ2v) is 5.79. The number of fused-ring (bicyclic) bond motifs is 1. The fourth-order valence-corrected chi connectivity index (χ4v) is 2.76. The number of aromatic nitrogens is 2. The fraction of sp³-hybridized carbons (Fsp3) is 0.133. The molecular formula is C15H13FIN3O. The number of hydrogen-bond donors (Lipinski definition) is 1. The maximum Gasteiger partial charge on any atom is 0.201 e. The lowest BCUT2D eigenvalue weighted by atomic mass is 10.2. The fourth-order valence-electron chi connectivity index (χ4n) is 2.31. The largest absolute Gasteiger partial charge is 0.496 e. The molecule has 0 atom stereocenters. The van der Waals surface area contributed by atoms with E-state index in [1.54, 1.807) is 17.7 Å². The van der Waals surface area contributed by atoms with Gasteiger partial charge in [-0.3, -0.25) is 0 Å². The van der Waals surface area contributed by atoms with Crippen LogP contribution in [0.25, 0.3) is 11.0 Å². The maximum absolute atomic E-state index is 13.8. The quantitative estimate of drug-likeness (QED) is 0.690. The summed E-state index contributed by atoms with van der Waals surface area (Å²) in [5, 5.41) is 0. The topological polar surface area (TPSA) is 53.1 Å². The summed E-state index contributed by atoms with van der Waals surface area (Å²) in [4.78, 5) is 4.30. The second kappa shape index (κ2) is 5.51. The molecule has 1 aromatic heterocycles. The highest BCUT2D eigenvalue weighted by Crippen LogP contribution is 2.26. The molecule has 0 saturated heterocycles. The number of anilines is 1. The number of rotatable bonds is 3. The Kier molecular flexibility index (Phi) is 3.71. The van der Waals surface area contributed by atoms with E-state index in [0.717, 1.165) is 11.3 Å². The van der Waals surface area contributed by atoms with Crippen LogP contribution in [0.4, 0.5) is 10.3 Å². The molecule has 2 N–H and O–H groups in total. The molecule has 21 heavy (non-hydrogen) atoms. The first-order valence-electron chi connectivity index (χ1n) is 6.33. The van der Waals surface area contributed by atoms with E-state index >= 15 is 0 Å². The Bertz CT molecular complexity index is 816. The van der Waals surface area contributed by atoms with Gasteiger partial charge in [0.05, 0.1) is 28.3 Å². The molecule has 0 radical (unpaired) electrons. The van der Waals surface area contributed by atoms with Crippen molar-refractivity contribution < 1.29 is 9.13 Å². The first-order chi connectivity index (χ1) is 10.1. The van der Waals surface area contributed by atoms with E-state index in [4.69, 9.17) is 10.5 Å². The van der Waals surface area contributed by atoms with Gasteiger partial charge in [0.1, 0.15) is 11.6 Å². The Morgan fingerprint density at radius 2 is 2.10 bits per heavy atom. The third-order valence-corrected chi connectivity index (χ3v) is 4.17. The zero-order valence-electron chi connectivity index (χ0n) is 11.3. The van der Waals surface area contributed by atoms with Crippen molar-refractivity contribution in [2.24, 2.45) is 0 Å². The molecule has 3 aromatic rings. The maximum atomic E-state index is 13.8. The van der Waals surface area contributed by atoms with Crippen molar-refractivity contribution in [2.45, 2.75) is 6.54 Å². The van der Waals surface area contributed by atoms with Crippen molar-refractivity contribution in [1.29, 1.82) is 0 Å². The van der Waals surface area contributed by atoms with Gasteiger partial charge in [-0.25, -0.2) is 9.37 Å². The van der Waals surface area contributed by atoms with Gasteiger partial charge in [0, 0.05) is 11.6 Å². The molecule has 0 amide bonds. The molecule has 3 rings (SSSR count). The van der Waals surface area contributed by atoms with Crippen molar-refractivity contribution in [2.75, 3.05) is 12.8 Å². The lowest BCUT2D eigenvalue weighted by Gasteiger charge is -2.11. The second-order valence-electron chi connectivity index (χ2n) is 4.62. The summed E-state index contributed by atoms with van der Waals surface area (Å²) in [5.41, 5.74) is 8.31.